The first-order valence-electron chi connectivity index (χ1n) is 9.64. The highest BCUT2D eigenvalue weighted by Gasteiger charge is 2.16. The van der Waals surface area contributed by atoms with Crippen molar-refractivity contribution in [1.82, 2.24) is 0 Å². The highest BCUT2D eigenvalue weighted by molar-refractivity contribution is 6.02. The molecule has 7 heteroatoms. The monoisotopic (exact) mass is 396 g/mol. The lowest BCUT2D eigenvalue weighted by Crippen LogP contribution is -2.36. The first-order chi connectivity index (χ1) is 13.8. The number of amides is 3. The molecule has 0 atom stereocenters. The molecule has 0 aliphatic heterocycles. The van der Waals surface area contributed by atoms with Gasteiger partial charge in [-0.3, -0.25) is 14.4 Å². The van der Waals surface area contributed by atoms with Gasteiger partial charge in [0.15, 0.2) is 0 Å². The lowest BCUT2D eigenvalue weighted by Gasteiger charge is -2.24. The molecular formula is C22H28N4O3. The lowest BCUT2D eigenvalue weighted by molar-refractivity contribution is -0.120. The first-order valence-corrected chi connectivity index (χ1v) is 9.64. The minimum Gasteiger partial charge on any atom is -0.372 e. The summed E-state index contributed by atoms with van der Waals surface area (Å²) in [6.45, 7) is 8.71. The fourth-order valence-corrected chi connectivity index (χ4v) is 3.04. The second-order valence-electron chi connectivity index (χ2n) is 6.60. The van der Waals surface area contributed by atoms with Crippen molar-refractivity contribution in [2.24, 2.45) is 0 Å². The number of hydrogen-bond acceptors (Lipinski definition) is 4. The Bertz CT molecular complexity index is 861. The maximum atomic E-state index is 12.5. The molecule has 0 aliphatic carbocycles. The Balaban J connectivity index is 2.09. The van der Waals surface area contributed by atoms with Crippen LogP contribution in [0.15, 0.2) is 48.5 Å². The zero-order valence-electron chi connectivity index (χ0n) is 17.4. The van der Waals surface area contributed by atoms with Crippen molar-refractivity contribution in [1.29, 1.82) is 0 Å². The molecule has 7 nitrogen and oxygen atoms in total. The molecule has 2 aromatic rings. The molecular weight excluding hydrogens is 368 g/mol. The highest BCUT2D eigenvalue weighted by Crippen LogP contribution is 2.21. The normalized spacial score (nSPS) is 10.2. The maximum absolute atomic E-state index is 12.5. The fraction of sp³-hybridized carbons (Fsp3) is 0.318. The third-order valence-corrected chi connectivity index (χ3v) is 4.44. The van der Waals surface area contributed by atoms with Gasteiger partial charge in [-0.1, -0.05) is 6.07 Å². The van der Waals surface area contributed by atoms with Crippen LogP contribution in [0.5, 0.6) is 0 Å². The van der Waals surface area contributed by atoms with Crippen LogP contribution < -0.4 is 20.4 Å². The third kappa shape index (κ3) is 6.34. The molecule has 29 heavy (non-hydrogen) atoms. The van der Waals surface area contributed by atoms with E-state index < -0.39 is 0 Å². The maximum Gasteiger partial charge on any atom is 0.244 e. The van der Waals surface area contributed by atoms with Crippen molar-refractivity contribution >= 4 is 40.5 Å². The summed E-state index contributed by atoms with van der Waals surface area (Å²) in [4.78, 5) is 39.4. The first kappa shape index (κ1) is 21.9. The minimum atomic E-state index is -0.326. The number of rotatable bonds is 8. The molecule has 0 saturated heterocycles. The smallest absolute Gasteiger partial charge is 0.244 e. The van der Waals surface area contributed by atoms with Crippen LogP contribution in [-0.4, -0.2) is 37.4 Å². The van der Waals surface area contributed by atoms with E-state index in [0.717, 1.165) is 18.8 Å². The standard InChI is InChI=1S/C22H28N4O3/c1-5-25(6-2)20-10-12-21(13-11-20)26(17(4)28)15-22(29)24-19-9-7-8-18(14-19)23-16(3)27/h7-14H,5-6,15H2,1-4H3,(H,23,27)(H,24,29). The Kier molecular flexibility index (Phi) is 7.77. The summed E-state index contributed by atoms with van der Waals surface area (Å²) in [5.41, 5.74) is 2.87. The molecule has 3 amide bonds. The van der Waals surface area contributed by atoms with Gasteiger partial charge in [0.25, 0.3) is 0 Å². The summed E-state index contributed by atoms with van der Waals surface area (Å²) >= 11 is 0. The Morgan fingerprint density at radius 1 is 0.828 bits per heavy atom. The molecule has 0 radical (unpaired) electrons. The number of benzene rings is 2. The van der Waals surface area contributed by atoms with Crippen LogP contribution >= 0.6 is 0 Å². The number of carbonyl (C=O) groups is 3. The van der Waals surface area contributed by atoms with Crippen LogP contribution in [-0.2, 0) is 14.4 Å². The summed E-state index contributed by atoms with van der Waals surface area (Å²) in [7, 11) is 0. The SMILES string of the molecule is CCN(CC)c1ccc(N(CC(=O)Nc2cccc(NC(C)=O)c2)C(C)=O)cc1. The Labute approximate surface area is 171 Å². The number of carbonyl (C=O) groups excluding carboxylic acids is 3. The van der Waals surface area contributed by atoms with E-state index >= 15 is 0 Å². The van der Waals surface area contributed by atoms with Crippen molar-refractivity contribution in [3.05, 3.63) is 48.5 Å². The Morgan fingerprint density at radius 2 is 1.38 bits per heavy atom. The summed E-state index contributed by atoms with van der Waals surface area (Å²) < 4.78 is 0. The van der Waals surface area contributed by atoms with E-state index in [4.69, 9.17) is 0 Å². The zero-order valence-corrected chi connectivity index (χ0v) is 17.4. The Hall–Kier alpha value is -3.35. The van der Waals surface area contributed by atoms with Crippen LogP contribution in [0.4, 0.5) is 22.7 Å². The molecule has 0 bridgehead atoms. The van der Waals surface area contributed by atoms with Gasteiger partial charge in [0.1, 0.15) is 6.54 Å². The highest BCUT2D eigenvalue weighted by atomic mass is 16.2. The van der Waals surface area contributed by atoms with Gasteiger partial charge < -0.3 is 20.4 Å². The molecule has 2 aromatic carbocycles. The summed E-state index contributed by atoms with van der Waals surface area (Å²) in [5, 5.41) is 5.43. The van der Waals surface area contributed by atoms with Gasteiger partial charge in [-0.15, -0.1) is 0 Å². The van der Waals surface area contributed by atoms with E-state index in [-0.39, 0.29) is 24.3 Å². The number of nitrogens with one attached hydrogen (secondary N) is 2. The molecule has 0 aliphatic rings. The van der Waals surface area contributed by atoms with Crippen molar-refractivity contribution in [2.45, 2.75) is 27.7 Å². The molecule has 0 heterocycles. The second-order valence-corrected chi connectivity index (χ2v) is 6.60. The molecule has 0 unspecified atom stereocenters. The topological polar surface area (TPSA) is 81.8 Å². The van der Waals surface area contributed by atoms with Crippen molar-refractivity contribution in [2.75, 3.05) is 40.1 Å². The van der Waals surface area contributed by atoms with E-state index in [1.807, 2.05) is 24.3 Å². The van der Waals surface area contributed by atoms with Crippen molar-refractivity contribution < 1.29 is 14.4 Å². The Morgan fingerprint density at radius 3 is 1.90 bits per heavy atom. The largest absolute Gasteiger partial charge is 0.372 e. The summed E-state index contributed by atoms with van der Waals surface area (Å²) in [5.74, 6) is -0.736. The number of nitrogens with zero attached hydrogens (tertiary/aromatic N) is 2. The molecule has 2 rings (SSSR count). The van der Waals surface area contributed by atoms with Crippen LogP contribution in [0, 0.1) is 0 Å². The predicted octanol–water partition coefficient (Wildman–Crippen LogP) is 3.48. The molecule has 0 fully saturated rings. The van der Waals surface area contributed by atoms with Crippen LogP contribution in [0.3, 0.4) is 0 Å². The summed E-state index contributed by atoms with van der Waals surface area (Å²) in [6, 6.07) is 14.4. The zero-order chi connectivity index (χ0) is 21.4. The molecule has 0 aromatic heterocycles. The van der Waals surface area contributed by atoms with E-state index in [2.05, 4.69) is 29.4 Å². The second kappa shape index (κ2) is 10.3. The average molecular weight is 396 g/mol. The van der Waals surface area contributed by atoms with E-state index in [1.54, 1.807) is 24.3 Å². The van der Waals surface area contributed by atoms with E-state index in [9.17, 15) is 14.4 Å². The third-order valence-electron chi connectivity index (χ3n) is 4.44. The van der Waals surface area contributed by atoms with E-state index in [1.165, 1.54) is 18.7 Å². The molecule has 2 N–H and O–H groups in total. The molecule has 154 valence electrons. The summed E-state index contributed by atoms with van der Waals surface area (Å²) in [6.07, 6.45) is 0. The average Bonchev–Trinajstić information content (AvgIpc) is 2.67. The van der Waals surface area contributed by atoms with Gasteiger partial charge in [-0.05, 0) is 56.3 Å². The van der Waals surface area contributed by atoms with Gasteiger partial charge >= 0.3 is 0 Å². The van der Waals surface area contributed by atoms with Crippen LogP contribution in [0.2, 0.25) is 0 Å². The van der Waals surface area contributed by atoms with Crippen LogP contribution in [0.1, 0.15) is 27.7 Å². The fourth-order valence-electron chi connectivity index (χ4n) is 3.04. The van der Waals surface area contributed by atoms with Gasteiger partial charge in [0.05, 0.1) is 0 Å². The van der Waals surface area contributed by atoms with Crippen LogP contribution in [0.25, 0.3) is 0 Å². The van der Waals surface area contributed by atoms with Gasteiger partial charge in [0, 0.05) is 49.7 Å². The van der Waals surface area contributed by atoms with Gasteiger partial charge in [0.2, 0.25) is 17.7 Å². The van der Waals surface area contributed by atoms with Gasteiger partial charge in [-0.25, -0.2) is 0 Å². The minimum absolute atomic E-state index is 0.107. The van der Waals surface area contributed by atoms with Crippen molar-refractivity contribution in [3.8, 4) is 0 Å². The quantitative estimate of drug-likeness (QED) is 0.716. The number of hydrogen-bond donors (Lipinski definition) is 2. The molecule has 0 spiro atoms. The van der Waals surface area contributed by atoms with Gasteiger partial charge in [-0.2, -0.15) is 0 Å². The number of anilines is 4. The predicted molar refractivity (Wildman–Crippen MR) is 117 cm³/mol. The van der Waals surface area contributed by atoms with Crippen molar-refractivity contribution in [3.63, 3.8) is 0 Å². The molecule has 0 saturated carbocycles. The lowest BCUT2D eigenvalue weighted by atomic mass is 10.2. The van der Waals surface area contributed by atoms with E-state index in [0.29, 0.717) is 17.1 Å².